The van der Waals surface area contributed by atoms with E-state index < -0.39 is 0 Å². The minimum absolute atomic E-state index is 0.0680. The fraction of sp³-hybridized carbons (Fsp3) is 0.600. The highest BCUT2D eigenvalue weighted by molar-refractivity contribution is 6.20. The molecule has 0 aliphatic heterocycles. The lowest BCUT2D eigenvalue weighted by molar-refractivity contribution is 0.257. The molecule has 0 amide bonds. The Morgan fingerprint density at radius 2 is 2.16 bits per heavy atom. The van der Waals surface area contributed by atoms with Crippen LogP contribution in [0, 0.1) is 5.92 Å². The van der Waals surface area contributed by atoms with Crippen molar-refractivity contribution >= 4 is 22.6 Å². The maximum atomic E-state index is 6.34. The molecule has 0 saturated heterocycles. The van der Waals surface area contributed by atoms with Crippen molar-refractivity contribution in [1.29, 1.82) is 0 Å². The predicted octanol–water partition coefficient (Wildman–Crippen LogP) is 4.48. The van der Waals surface area contributed by atoms with Crippen LogP contribution in [0.5, 0.6) is 0 Å². The molecule has 2 aromatic heterocycles. The fourth-order valence-electron chi connectivity index (χ4n) is 3.28. The van der Waals surface area contributed by atoms with Gasteiger partial charge in [-0.25, -0.2) is 4.98 Å². The van der Waals surface area contributed by atoms with E-state index in [2.05, 4.69) is 22.5 Å². The number of hydrogen-bond acceptors (Lipinski definition) is 2. The normalized spacial score (nSPS) is 25.6. The van der Waals surface area contributed by atoms with Gasteiger partial charge in [0.05, 0.1) is 17.1 Å². The van der Waals surface area contributed by atoms with E-state index in [0.717, 1.165) is 11.3 Å². The summed E-state index contributed by atoms with van der Waals surface area (Å²) in [7, 11) is 0. The number of aromatic nitrogens is 3. The second-order valence-electron chi connectivity index (χ2n) is 5.65. The standard InChI is InChI=1S/C15H20ClN3/c1-10-5-3-4-6-13(10)19-14-7-8-17-9-12(14)18-15(19)11(2)16/h7-11,13H,3-6H2,1-2H3. The van der Waals surface area contributed by atoms with Crippen molar-refractivity contribution in [3.8, 4) is 0 Å². The number of fused-ring (bicyclic) bond motifs is 1. The van der Waals surface area contributed by atoms with Crippen molar-refractivity contribution in [3.63, 3.8) is 0 Å². The molecule has 0 spiro atoms. The molecule has 102 valence electrons. The molecule has 0 N–H and O–H groups in total. The molecule has 1 saturated carbocycles. The van der Waals surface area contributed by atoms with Gasteiger partial charge in [0.15, 0.2) is 0 Å². The van der Waals surface area contributed by atoms with Crippen LogP contribution in [0.1, 0.15) is 56.8 Å². The molecular formula is C15H20ClN3. The predicted molar refractivity (Wildman–Crippen MR) is 78.5 cm³/mol. The summed E-state index contributed by atoms with van der Waals surface area (Å²) in [6, 6.07) is 2.59. The summed E-state index contributed by atoms with van der Waals surface area (Å²) in [6.07, 6.45) is 8.85. The van der Waals surface area contributed by atoms with Crippen LogP contribution in [0.15, 0.2) is 18.5 Å². The van der Waals surface area contributed by atoms with Crippen LogP contribution in [0.3, 0.4) is 0 Å². The van der Waals surface area contributed by atoms with Crippen LogP contribution in [0.25, 0.3) is 11.0 Å². The molecule has 0 aromatic carbocycles. The second-order valence-corrected chi connectivity index (χ2v) is 6.30. The summed E-state index contributed by atoms with van der Waals surface area (Å²) in [5.41, 5.74) is 2.14. The number of nitrogens with zero attached hydrogens (tertiary/aromatic N) is 3. The molecule has 3 unspecified atom stereocenters. The Bertz CT molecular complexity index is 576. The highest BCUT2D eigenvalue weighted by atomic mass is 35.5. The molecule has 3 nitrogen and oxygen atoms in total. The Morgan fingerprint density at radius 1 is 1.37 bits per heavy atom. The molecule has 19 heavy (non-hydrogen) atoms. The van der Waals surface area contributed by atoms with Crippen molar-refractivity contribution in [3.05, 3.63) is 24.3 Å². The minimum atomic E-state index is -0.0680. The number of rotatable bonds is 2. The first-order valence-corrected chi connectivity index (χ1v) is 7.58. The quantitative estimate of drug-likeness (QED) is 0.758. The first kappa shape index (κ1) is 12.9. The molecular weight excluding hydrogens is 258 g/mol. The summed E-state index contributed by atoms with van der Waals surface area (Å²) < 4.78 is 2.37. The molecule has 2 heterocycles. The van der Waals surface area contributed by atoms with Crippen LogP contribution < -0.4 is 0 Å². The zero-order valence-electron chi connectivity index (χ0n) is 11.5. The van der Waals surface area contributed by atoms with Gasteiger partial charge in [0.25, 0.3) is 0 Å². The van der Waals surface area contributed by atoms with Crippen molar-refractivity contribution in [1.82, 2.24) is 14.5 Å². The van der Waals surface area contributed by atoms with Gasteiger partial charge in [-0.05, 0) is 31.7 Å². The van der Waals surface area contributed by atoms with Crippen molar-refractivity contribution in [2.75, 3.05) is 0 Å². The van der Waals surface area contributed by atoms with E-state index in [-0.39, 0.29) is 5.38 Å². The molecule has 1 fully saturated rings. The minimum Gasteiger partial charge on any atom is -0.323 e. The number of pyridine rings is 1. The van der Waals surface area contributed by atoms with E-state index in [4.69, 9.17) is 16.6 Å². The van der Waals surface area contributed by atoms with Crippen LogP contribution in [0.4, 0.5) is 0 Å². The maximum Gasteiger partial charge on any atom is 0.128 e. The van der Waals surface area contributed by atoms with Crippen LogP contribution in [-0.4, -0.2) is 14.5 Å². The highest BCUT2D eigenvalue weighted by Gasteiger charge is 2.27. The van der Waals surface area contributed by atoms with Gasteiger partial charge in [-0.3, -0.25) is 4.98 Å². The summed E-state index contributed by atoms with van der Waals surface area (Å²) in [5, 5.41) is -0.0680. The van der Waals surface area contributed by atoms with Gasteiger partial charge < -0.3 is 4.57 Å². The van der Waals surface area contributed by atoms with Gasteiger partial charge in [0.1, 0.15) is 11.3 Å². The van der Waals surface area contributed by atoms with Gasteiger partial charge in [0.2, 0.25) is 0 Å². The van der Waals surface area contributed by atoms with Gasteiger partial charge in [-0.1, -0.05) is 19.8 Å². The third-order valence-corrected chi connectivity index (χ3v) is 4.47. The number of imidazole rings is 1. The van der Waals surface area contributed by atoms with E-state index in [1.807, 2.05) is 19.3 Å². The number of alkyl halides is 1. The van der Waals surface area contributed by atoms with Crippen LogP contribution in [0.2, 0.25) is 0 Å². The lowest BCUT2D eigenvalue weighted by atomic mass is 9.85. The molecule has 3 rings (SSSR count). The first-order chi connectivity index (χ1) is 9.18. The molecule has 4 heteroatoms. The van der Waals surface area contributed by atoms with E-state index in [9.17, 15) is 0 Å². The van der Waals surface area contributed by atoms with Crippen molar-refractivity contribution in [2.24, 2.45) is 5.92 Å². The Hall–Kier alpha value is -1.09. The van der Waals surface area contributed by atoms with E-state index in [1.165, 1.54) is 31.2 Å². The molecule has 3 atom stereocenters. The summed E-state index contributed by atoms with van der Waals surface area (Å²) >= 11 is 6.34. The lowest BCUT2D eigenvalue weighted by Gasteiger charge is -2.32. The van der Waals surface area contributed by atoms with Crippen LogP contribution >= 0.6 is 11.6 Å². The fourth-order valence-corrected chi connectivity index (χ4v) is 3.43. The third kappa shape index (κ3) is 2.25. The topological polar surface area (TPSA) is 30.7 Å². The molecule has 1 aliphatic carbocycles. The highest BCUT2D eigenvalue weighted by Crippen LogP contribution is 2.38. The smallest absolute Gasteiger partial charge is 0.128 e. The monoisotopic (exact) mass is 277 g/mol. The Kier molecular flexibility index (Phi) is 3.48. The average molecular weight is 278 g/mol. The molecule has 1 aliphatic rings. The average Bonchev–Trinajstić information content (AvgIpc) is 2.79. The third-order valence-electron chi connectivity index (χ3n) is 4.27. The number of halogens is 1. The largest absolute Gasteiger partial charge is 0.323 e. The van der Waals surface area contributed by atoms with E-state index in [0.29, 0.717) is 12.0 Å². The van der Waals surface area contributed by atoms with Gasteiger partial charge >= 0.3 is 0 Å². The van der Waals surface area contributed by atoms with Gasteiger partial charge in [-0.2, -0.15) is 0 Å². The Balaban J connectivity index is 2.16. The summed E-state index contributed by atoms with van der Waals surface area (Å²) in [5.74, 6) is 1.68. The molecule has 0 radical (unpaired) electrons. The summed E-state index contributed by atoms with van der Waals surface area (Å²) in [4.78, 5) is 8.86. The lowest BCUT2D eigenvalue weighted by Crippen LogP contribution is -2.23. The Morgan fingerprint density at radius 3 is 2.89 bits per heavy atom. The second kappa shape index (κ2) is 5.12. The SMILES string of the molecule is CC(Cl)c1nc2cnccc2n1C1CCCCC1C. The van der Waals surface area contributed by atoms with Crippen molar-refractivity contribution < 1.29 is 0 Å². The van der Waals surface area contributed by atoms with E-state index in [1.54, 1.807) is 0 Å². The van der Waals surface area contributed by atoms with Crippen LogP contribution in [-0.2, 0) is 0 Å². The zero-order chi connectivity index (χ0) is 13.4. The summed E-state index contributed by atoms with van der Waals surface area (Å²) in [6.45, 7) is 4.35. The van der Waals surface area contributed by atoms with Crippen molar-refractivity contribution in [2.45, 2.75) is 50.9 Å². The Labute approximate surface area is 119 Å². The maximum absolute atomic E-state index is 6.34. The molecule has 0 bridgehead atoms. The van der Waals surface area contributed by atoms with Gasteiger partial charge in [-0.15, -0.1) is 11.6 Å². The number of hydrogen-bond donors (Lipinski definition) is 0. The molecule has 2 aromatic rings. The first-order valence-electron chi connectivity index (χ1n) is 7.14. The van der Waals surface area contributed by atoms with Gasteiger partial charge in [0, 0.05) is 12.2 Å². The zero-order valence-corrected chi connectivity index (χ0v) is 12.3. The van der Waals surface area contributed by atoms with E-state index >= 15 is 0 Å².